The molecule has 0 aromatic heterocycles. The summed E-state index contributed by atoms with van der Waals surface area (Å²) in [6.07, 6.45) is 8.46. The van der Waals surface area contributed by atoms with Gasteiger partial charge in [-0.15, -0.1) is 0 Å². The van der Waals surface area contributed by atoms with Gasteiger partial charge >= 0.3 is 5.97 Å². The number of carboxylic acid groups (broad SMARTS) is 1. The zero-order valence-corrected chi connectivity index (χ0v) is 11.0. The highest BCUT2D eigenvalue weighted by atomic mass is 16.4. The van der Waals surface area contributed by atoms with Gasteiger partial charge in [0, 0.05) is 25.2 Å². The molecule has 18 heavy (non-hydrogen) atoms. The maximum absolute atomic E-state index is 11.2. The van der Waals surface area contributed by atoms with Crippen molar-refractivity contribution in [2.24, 2.45) is 5.92 Å². The third-order valence-corrected chi connectivity index (χ3v) is 4.27. The minimum atomic E-state index is -0.677. The van der Waals surface area contributed by atoms with Gasteiger partial charge in [-0.3, -0.25) is 4.79 Å². The molecule has 0 amide bonds. The van der Waals surface area contributed by atoms with E-state index in [9.17, 15) is 9.90 Å². The lowest BCUT2D eigenvalue weighted by atomic mass is 10.2. The second-order valence-corrected chi connectivity index (χ2v) is 6.29. The Hall–Kier alpha value is -0.610. The van der Waals surface area contributed by atoms with Crippen molar-refractivity contribution in [3.05, 3.63) is 0 Å². The van der Waals surface area contributed by atoms with E-state index in [1.54, 1.807) is 0 Å². The molecule has 3 aliphatic rings. The van der Waals surface area contributed by atoms with E-state index in [1.807, 2.05) is 0 Å². The Labute approximate surface area is 109 Å². The number of nitrogens with zero attached hydrogens (tertiary/aromatic N) is 1. The molecule has 0 spiro atoms. The molecule has 4 nitrogen and oxygen atoms in total. The van der Waals surface area contributed by atoms with Crippen molar-refractivity contribution in [2.45, 2.75) is 63.1 Å². The molecule has 2 N–H and O–H groups in total. The van der Waals surface area contributed by atoms with E-state index in [2.05, 4.69) is 10.2 Å². The monoisotopic (exact) mass is 252 g/mol. The molecule has 1 atom stereocenters. The number of rotatable bonds is 9. The van der Waals surface area contributed by atoms with Gasteiger partial charge in [-0.2, -0.15) is 0 Å². The van der Waals surface area contributed by atoms with E-state index in [0.29, 0.717) is 6.04 Å². The number of hydrogen-bond acceptors (Lipinski definition) is 3. The van der Waals surface area contributed by atoms with Gasteiger partial charge in [0.15, 0.2) is 0 Å². The molecule has 0 radical (unpaired) electrons. The Morgan fingerprint density at radius 2 is 1.94 bits per heavy atom. The SMILES string of the molecule is O=C(O)C(CCN(CC1CC1)C1CC1)NC1CC1. The molecule has 3 rings (SSSR count). The lowest BCUT2D eigenvalue weighted by Gasteiger charge is -2.24. The van der Waals surface area contributed by atoms with Crippen LogP contribution in [0.5, 0.6) is 0 Å². The summed E-state index contributed by atoms with van der Waals surface area (Å²) in [5.41, 5.74) is 0. The van der Waals surface area contributed by atoms with Gasteiger partial charge in [-0.1, -0.05) is 0 Å². The second-order valence-electron chi connectivity index (χ2n) is 6.29. The number of aliphatic carboxylic acids is 1. The topological polar surface area (TPSA) is 52.6 Å². The fourth-order valence-corrected chi connectivity index (χ4v) is 2.60. The van der Waals surface area contributed by atoms with Crippen LogP contribution in [-0.4, -0.2) is 47.2 Å². The van der Waals surface area contributed by atoms with E-state index in [0.717, 1.165) is 37.8 Å². The summed E-state index contributed by atoms with van der Waals surface area (Å²) in [5.74, 6) is 0.231. The first kappa shape index (κ1) is 12.4. The fourth-order valence-electron chi connectivity index (χ4n) is 2.60. The van der Waals surface area contributed by atoms with Crippen molar-refractivity contribution in [3.63, 3.8) is 0 Å². The van der Waals surface area contributed by atoms with Crippen LogP contribution in [0, 0.1) is 5.92 Å². The second kappa shape index (κ2) is 5.17. The Balaban J connectivity index is 1.44. The molecule has 0 aromatic rings. The Kier molecular flexibility index (Phi) is 3.57. The largest absolute Gasteiger partial charge is 0.480 e. The smallest absolute Gasteiger partial charge is 0.320 e. The zero-order valence-electron chi connectivity index (χ0n) is 11.0. The van der Waals surface area contributed by atoms with Gasteiger partial charge in [0.25, 0.3) is 0 Å². The number of carbonyl (C=O) groups is 1. The number of carboxylic acids is 1. The van der Waals surface area contributed by atoms with E-state index in [1.165, 1.54) is 32.2 Å². The van der Waals surface area contributed by atoms with Gasteiger partial charge in [0.2, 0.25) is 0 Å². The van der Waals surface area contributed by atoms with Crippen LogP contribution in [0.4, 0.5) is 0 Å². The van der Waals surface area contributed by atoms with Crippen molar-refractivity contribution in [1.29, 1.82) is 0 Å². The molecule has 0 saturated heterocycles. The molecule has 0 bridgehead atoms. The molecule has 3 saturated carbocycles. The summed E-state index contributed by atoms with van der Waals surface area (Å²) in [6, 6.07) is 0.905. The normalized spacial score (nSPS) is 25.4. The highest BCUT2D eigenvalue weighted by molar-refractivity contribution is 5.73. The minimum absolute atomic E-state index is 0.335. The number of nitrogens with one attached hydrogen (secondary N) is 1. The quantitative estimate of drug-likeness (QED) is 0.652. The average Bonchev–Trinajstić information content (AvgIpc) is 3.17. The Morgan fingerprint density at radius 1 is 1.22 bits per heavy atom. The summed E-state index contributed by atoms with van der Waals surface area (Å²) < 4.78 is 0. The van der Waals surface area contributed by atoms with Crippen LogP contribution in [0.15, 0.2) is 0 Å². The maximum atomic E-state index is 11.2. The first-order valence-corrected chi connectivity index (χ1v) is 7.45. The van der Waals surface area contributed by atoms with E-state index in [-0.39, 0.29) is 6.04 Å². The summed E-state index contributed by atoms with van der Waals surface area (Å²) in [5, 5.41) is 12.5. The van der Waals surface area contributed by atoms with Crippen LogP contribution in [0.25, 0.3) is 0 Å². The Morgan fingerprint density at radius 3 is 2.44 bits per heavy atom. The van der Waals surface area contributed by atoms with Crippen molar-refractivity contribution >= 4 is 5.97 Å². The van der Waals surface area contributed by atoms with Gasteiger partial charge in [0.05, 0.1) is 0 Å². The molecule has 0 heterocycles. The fraction of sp³-hybridized carbons (Fsp3) is 0.929. The first-order valence-electron chi connectivity index (χ1n) is 7.45. The van der Waals surface area contributed by atoms with Crippen LogP contribution in [0.1, 0.15) is 44.9 Å². The minimum Gasteiger partial charge on any atom is -0.480 e. The molecule has 1 unspecified atom stereocenters. The molecular formula is C14H24N2O2. The summed E-state index contributed by atoms with van der Waals surface area (Å²) in [4.78, 5) is 13.8. The third-order valence-electron chi connectivity index (χ3n) is 4.27. The van der Waals surface area contributed by atoms with Crippen LogP contribution < -0.4 is 5.32 Å². The van der Waals surface area contributed by atoms with Crippen molar-refractivity contribution in [2.75, 3.05) is 13.1 Å². The van der Waals surface area contributed by atoms with E-state index >= 15 is 0 Å². The summed E-state index contributed by atoms with van der Waals surface area (Å²) in [6.45, 7) is 2.16. The van der Waals surface area contributed by atoms with Crippen LogP contribution >= 0.6 is 0 Å². The van der Waals surface area contributed by atoms with Crippen LogP contribution in [0.2, 0.25) is 0 Å². The summed E-state index contributed by atoms with van der Waals surface area (Å²) >= 11 is 0. The zero-order chi connectivity index (χ0) is 12.5. The molecule has 0 aromatic carbocycles. The third kappa shape index (κ3) is 3.69. The molecule has 3 fully saturated rings. The van der Waals surface area contributed by atoms with Crippen LogP contribution in [0.3, 0.4) is 0 Å². The van der Waals surface area contributed by atoms with Gasteiger partial charge in [-0.05, 0) is 50.9 Å². The van der Waals surface area contributed by atoms with Crippen molar-refractivity contribution < 1.29 is 9.90 Å². The van der Waals surface area contributed by atoms with Gasteiger partial charge < -0.3 is 15.3 Å². The predicted molar refractivity (Wildman–Crippen MR) is 69.5 cm³/mol. The first-order chi connectivity index (χ1) is 8.72. The van der Waals surface area contributed by atoms with Gasteiger partial charge in [0.1, 0.15) is 6.04 Å². The summed E-state index contributed by atoms with van der Waals surface area (Å²) in [7, 11) is 0. The molecular weight excluding hydrogens is 228 g/mol. The van der Waals surface area contributed by atoms with Crippen molar-refractivity contribution in [3.8, 4) is 0 Å². The van der Waals surface area contributed by atoms with Gasteiger partial charge in [-0.25, -0.2) is 0 Å². The predicted octanol–water partition coefficient (Wildman–Crippen LogP) is 1.46. The molecule has 0 aliphatic heterocycles. The lowest BCUT2D eigenvalue weighted by Crippen LogP contribution is -2.41. The van der Waals surface area contributed by atoms with Crippen LogP contribution in [-0.2, 0) is 4.79 Å². The molecule has 4 heteroatoms. The Bertz CT molecular complexity index is 309. The standard InChI is InChI=1S/C14H24N2O2/c17-14(18)13(15-11-3-4-11)7-8-16(12-5-6-12)9-10-1-2-10/h10-13,15H,1-9H2,(H,17,18). The lowest BCUT2D eigenvalue weighted by molar-refractivity contribution is -0.139. The maximum Gasteiger partial charge on any atom is 0.320 e. The molecule has 3 aliphatic carbocycles. The molecule has 102 valence electrons. The number of hydrogen-bond donors (Lipinski definition) is 2. The highest BCUT2D eigenvalue weighted by Crippen LogP contribution is 2.34. The van der Waals surface area contributed by atoms with E-state index < -0.39 is 5.97 Å². The average molecular weight is 252 g/mol. The highest BCUT2D eigenvalue weighted by Gasteiger charge is 2.35. The van der Waals surface area contributed by atoms with E-state index in [4.69, 9.17) is 0 Å². The van der Waals surface area contributed by atoms with Crippen molar-refractivity contribution in [1.82, 2.24) is 10.2 Å².